The average Bonchev–Trinajstić information content (AvgIpc) is 3.33. The number of benzene rings is 1. The topological polar surface area (TPSA) is 85.3 Å². The average molecular weight is 411 g/mol. The maximum atomic E-state index is 12.4. The van der Waals surface area contributed by atoms with Crippen molar-refractivity contribution >= 4 is 32.7 Å². The van der Waals surface area contributed by atoms with Crippen LogP contribution in [-0.2, 0) is 25.9 Å². The van der Waals surface area contributed by atoms with E-state index in [0.29, 0.717) is 24.7 Å². The zero-order chi connectivity index (χ0) is 19.0. The molecule has 0 unspecified atom stereocenters. The Bertz CT molecular complexity index is 847. The van der Waals surface area contributed by atoms with Crippen LogP contribution < -0.4 is 4.74 Å². The highest BCUT2D eigenvalue weighted by Gasteiger charge is 2.48. The molecule has 7 nitrogen and oxygen atoms in total. The first-order valence-corrected chi connectivity index (χ1v) is 11.7. The van der Waals surface area contributed by atoms with E-state index in [0.717, 1.165) is 17.7 Å². The van der Waals surface area contributed by atoms with Crippen LogP contribution in [-0.4, -0.2) is 67.0 Å². The van der Waals surface area contributed by atoms with Crippen LogP contribution >= 0.6 is 11.8 Å². The zero-order valence-corrected chi connectivity index (χ0v) is 16.7. The van der Waals surface area contributed by atoms with Crippen molar-refractivity contribution in [2.24, 2.45) is 4.99 Å². The third-order valence-corrected chi connectivity index (χ3v) is 8.35. The van der Waals surface area contributed by atoms with Gasteiger partial charge in [0, 0.05) is 18.4 Å². The van der Waals surface area contributed by atoms with E-state index < -0.39 is 15.9 Å². The summed E-state index contributed by atoms with van der Waals surface area (Å²) in [5, 5.41) is 0.528. The van der Waals surface area contributed by atoms with Gasteiger partial charge >= 0.3 is 0 Å². The molecule has 0 bridgehead atoms. The summed E-state index contributed by atoms with van der Waals surface area (Å²) in [4.78, 5) is 18.7. The van der Waals surface area contributed by atoms with Gasteiger partial charge in [0.1, 0.15) is 11.9 Å². The van der Waals surface area contributed by atoms with Crippen LogP contribution in [0.2, 0.25) is 0 Å². The number of carbonyl (C=O) groups excluding carboxylic acids is 1. The third-order valence-electron chi connectivity index (χ3n) is 5.10. The molecule has 1 aromatic carbocycles. The molecule has 3 aliphatic rings. The van der Waals surface area contributed by atoms with Crippen molar-refractivity contribution in [3.63, 3.8) is 0 Å². The highest BCUT2D eigenvalue weighted by Crippen LogP contribution is 2.39. The molecule has 3 atom stereocenters. The van der Waals surface area contributed by atoms with Crippen molar-refractivity contribution < 1.29 is 22.7 Å². The van der Waals surface area contributed by atoms with Gasteiger partial charge in [0.2, 0.25) is 0 Å². The lowest BCUT2D eigenvalue weighted by molar-refractivity contribution is -0.126. The van der Waals surface area contributed by atoms with Gasteiger partial charge in [0.25, 0.3) is 5.91 Å². The summed E-state index contributed by atoms with van der Waals surface area (Å²) in [5.74, 6) is 0.735. The molecular formula is C18H22N2O5S2. The van der Waals surface area contributed by atoms with E-state index >= 15 is 0 Å². The molecule has 4 rings (SSSR count). The molecule has 0 radical (unpaired) electrons. The first-order chi connectivity index (χ1) is 12.9. The fourth-order valence-corrected chi connectivity index (χ4v) is 7.64. The Hall–Kier alpha value is -1.58. The molecule has 0 aromatic heterocycles. The number of hydrogen-bond acceptors (Lipinski definition) is 6. The van der Waals surface area contributed by atoms with Crippen LogP contribution in [0.15, 0.2) is 29.3 Å². The highest BCUT2D eigenvalue weighted by atomic mass is 32.2. The van der Waals surface area contributed by atoms with E-state index in [2.05, 4.69) is 4.99 Å². The first-order valence-electron chi connectivity index (χ1n) is 8.96. The van der Waals surface area contributed by atoms with E-state index in [1.807, 2.05) is 29.2 Å². The van der Waals surface area contributed by atoms with Gasteiger partial charge in [-0.05, 0) is 30.5 Å². The van der Waals surface area contributed by atoms with Crippen molar-refractivity contribution in [2.75, 3.05) is 25.2 Å². The molecule has 3 aliphatic heterocycles. The van der Waals surface area contributed by atoms with Crippen LogP contribution in [0.4, 0.5) is 0 Å². The number of carbonyl (C=O) groups is 1. The lowest BCUT2D eigenvalue weighted by Gasteiger charge is -2.24. The fraction of sp³-hybridized carbons (Fsp3) is 0.556. The second kappa shape index (κ2) is 7.44. The number of amides is 1. The van der Waals surface area contributed by atoms with Crippen molar-refractivity contribution in [3.8, 4) is 5.75 Å². The van der Waals surface area contributed by atoms with Crippen LogP contribution in [0.25, 0.3) is 0 Å². The van der Waals surface area contributed by atoms with Gasteiger partial charge in [-0.3, -0.25) is 4.79 Å². The van der Waals surface area contributed by atoms with Gasteiger partial charge in [-0.1, -0.05) is 23.9 Å². The normalized spacial score (nSPS) is 30.6. The van der Waals surface area contributed by atoms with Crippen molar-refractivity contribution in [2.45, 2.75) is 36.8 Å². The SMILES string of the molecule is COc1ccc(CN2C(=NC(=O)[C@H]3CCCO3)S[C@@H]3CS(=O)(=O)C[C@@H]32)cc1. The molecule has 3 heterocycles. The second-order valence-electron chi connectivity index (χ2n) is 7.01. The smallest absolute Gasteiger partial charge is 0.277 e. The lowest BCUT2D eigenvalue weighted by Crippen LogP contribution is -2.37. The molecule has 1 amide bonds. The van der Waals surface area contributed by atoms with Gasteiger partial charge in [-0.2, -0.15) is 4.99 Å². The van der Waals surface area contributed by atoms with Crippen molar-refractivity contribution in [1.82, 2.24) is 4.90 Å². The number of hydrogen-bond donors (Lipinski definition) is 0. The Labute approximate surface area is 163 Å². The number of nitrogens with zero attached hydrogens (tertiary/aromatic N) is 2. The minimum Gasteiger partial charge on any atom is -0.497 e. The summed E-state index contributed by atoms with van der Waals surface area (Å²) >= 11 is 1.40. The predicted octanol–water partition coefficient (Wildman–Crippen LogP) is 1.47. The molecule has 9 heteroatoms. The fourth-order valence-electron chi connectivity index (χ4n) is 3.69. The monoisotopic (exact) mass is 410 g/mol. The van der Waals surface area contributed by atoms with E-state index in [1.165, 1.54) is 11.8 Å². The van der Waals surface area contributed by atoms with E-state index in [-0.39, 0.29) is 28.7 Å². The number of fused-ring (bicyclic) bond motifs is 1. The van der Waals surface area contributed by atoms with E-state index in [4.69, 9.17) is 9.47 Å². The maximum absolute atomic E-state index is 12.4. The van der Waals surface area contributed by atoms with Gasteiger partial charge < -0.3 is 14.4 Å². The number of sulfone groups is 1. The number of ether oxygens (including phenoxy) is 2. The highest BCUT2D eigenvalue weighted by molar-refractivity contribution is 8.15. The standard InChI is InChI=1S/C18H22N2O5S2/c1-24-13-6-4-12(5-7-13)9-20-14-10-27(22,23)11-16(14)26-18(20)19-17(21)15-3-2-8-25-15/h4-7,14-16H,2-3,8-11H2,1H3/t14-,15+,16+/m0/s1. The quantitative estimate of drug-likeness (QED) is 0.743. The largest absolute Gasteiger partial charge is 0.497 e. The van der Waals surface area contributed by atoms with E-state index in [9.17, 15) is 13.2 Å². The molecule has 0 spiro atoms. The first kappa shape index (κ1) is 18.8. The van der Waals surface area contributed by atoms with Crippen molar-refractivity contribution in [3.05, 3.63) is 29.8 Å². The van der Waals surface area contributed by atoms with Crippen LogP contribution in [0.1, 0.15) is 18.4 Å². The summed E-state index contributed by atoms with van der Waals surface area (Å²) in [6.45, 7) is 1.10. The number of thioether (sulfide) groups is 1. The molecule has 3 saturated heterocycles. The minimum absolute atomic E-state index is 0.0794. The zero-order valence-electron chi connectivity index (χ0n) is 15.0. The molecule has 0 N–H and O–H groups in total. The molecule has 1 aromatic rings. The molecule has 3 fully saturated rings. The van der Waals surface area contributed by atoms with Gasteiger partial charge in [-0.25, -0.2) is 8.42 Å². The molecule has 27 heavy (non-hydrogen) atoms. The molecular weight excluding hydrogens is 388 g/mol. The van der Waals surface area contributed by atoms with Gasteiger partial charge in [0.05, 0.1) is 24.7 Å². The Morgan fingerprint density at radius 1 is 1.33 bits per heavy atom. The van der Waals surface area contributed by atoms with Gasteiger partial charge in [0.15, 0.2) is 15.0 Å². The number of rotatable bonds is 4. The third kappa shape index (κ3) is 4.00. The summed E-state index contributed by atoms with van der Waals surface area (Å²) < 4.78 is 34.8. The maximum Gasteiger partial charge on any atom is 0.277 e. The summed E-state index contributed by atoms with van der Waals surface area (Å²) in [7, 11) is -1.44. The number of amidine groups is 1. The lowest BCUT2D eigenvalue weighted by atomic mass is 10.1. The molecule has 0 aliphatic carbocycles. The molecule has 146 valence electrons. The minimum atomic E-state index is -3.06. The van der Waals surface area contributed by atoms with Crippen LogP contribution in [0.3, 0.4) is 0 Å². The summed E-state index contributed by atoms with van der Waals surface area (Å²) in [6, 6.07) is 7.48. The van der Waals surface area contributed by atoms with Crippen LogP contribution in [0, 0.1) is 0 Å². The Balaban J connectivity index is 1.58. The van der Waals surface area contributed by atoms with Crippen LogP contribution in [0.5, 0.6) is 5.75 Å². The Morgan fingerprint density at radius 2 is 2.11 bits per heavy atom. The predicted molar refractivity (Wildman–Crippen MR) is 104 cm³/mol. The summed E-state index contributed by atoms with van der Waals surface area (Å²) in [6.07, 6.45) is 1.10. The Kier molecular flexibility index (Phi) is 5.17. The second-order valence-corrected chi connectivity index (χ2v) is 10.4. The van der Waals surface area contributed by atoms with Gasteiger partial charge in [-0.15, -0.1) is 0 Å². The number of methoxy groups -OCH3 is 1. The Morgan fingerprint density at radius 3 is 2.78 bits per heavy atom. The van der Waals surface area contributed by atoms with E-state index in [1.54, 1.807) is 7.11 Å². The number of aliphatic imine (C=N–C) groups is 1. The van der Waals surface area contributed by atoms with Crippen molar-refractivity contribution in [1.29, 1.82) is 0 Å². The molecule has 0 saturated carbocycles. The summed E-state index contributed by atoms with van der Waals surface area (Å²) in [5.41, 5.74) is 1.01.